The van der Waals surface area contributed by atoms with Crippen LogP contribution in [-0.4, -0.2) is 28.8 Å². The lowest BCUT2D eigenvalue weighted by molar-refractivity contribution is 0.0188. The Balaban J connectivity index is 3.21. The van der Waals surface area contributed by atoms with Gasteiger partial charge in [-0.05, 0) is 32.0 Å². The van der Waals surface area contributed by atoms with Gasteiger partial charge in [0, 0.05) is 17.8 Å². The molecule has 1 rings (SSSR count). The van der Waals surface area contributed by atoms with Crippen LogP contribution in [-0.2, 0) is 30.4 Å². The van der Waals surface area contributed by atoms with Crippen molar-refractivity contribution in [2.75, 3.05) is 7.11 Å². The molecule has 0 aliphatic heterocycles. The van der Waals surface area contributed by atoms with Crippen molar-refractivity contribution in [1.29, 1.82) is 0 Å². The fourth-order valence-electron chi connectivity index (χ4n) is 1.43. The van der Waals surface area contributed by atoms with E-state index in [1.54, 1.807) is 7.11 Å². The fraction of sp³-hybridized carbons (Fsp3) is 0.786. The molecular weight excluding hydrogens is 374 g/mol. The van der Waals surface area contributed by atoms with Gasteiger partial charge in [-0.25, -0.2) is 13.4 Å². The molecule has 1 heterocycles. The lowest BCUT2D eigenvalue weighted by atomic mass is 10.1. The van der Waals surface area contributed by atoms with Crippen LogP contribution in [0.15, 0.2) is 4.21 Å². The number of methoxy groups -OCH3 is 1. The summed E-state index contributed by atoms with van der Waals surface area (Å²) in [6.07, 6.45) is 0. The molecule has 0 saturated heterocycles. The Morgan fingerprint density at radius 2 is 1.74 bits per heavy atom. The molecule has 0 N–H and O–H groups in total. The average molecular weight is 400 g/mol. The normalized spacial score (nSPS) is 14.3. The molecule has 0 amide bonds. The van der Waals surface area contributed by atoms with Gasteiger partial charge in [0.15, 0.2) is 12.5 Å². The molecule has 0 radical (unpaired) electrons. The summed E-state index contributed by atoms with van der Waals surface area (Å²) in [7, 11) is 1.23. The van der Waals surface area contributed by atoms with E-state index in [1.807, 2.05) is 13.8 Å². The molecule has 23 heavy (non-hydrogen) atoms. The molecule has 0 saturated carbocycles. The van der Waals surface area contributed by atoms with Crippen molar-refractivity contribution < 1.29 is 17.6 Å². The van der Waals surface area contributed by atoms with Crippen molar-refractivity contribution in [3.05, 3.63) is 10.7 Å². The van der Waals surface area contributed by atoms with Crippen LogP contribution in [0.3, 0.4) is 0 Å². The second kappa shape index (κ2) is 6.72. The predicted octanol–water partition coefficient (Wildman–Crippen LogP) is 4.47. The number of ether oxygens (including phenoxy) is 1. The quantitative estimate of drug-likeness (QED) is 0.521. The van der Waals surface area contributed by atoms with Crippen LogP contribution in [0, 0.1) is 0 Å². The summed E-state index contributed by atoms with van der Waals surface area (Å²) < 4.78 is 35.2. The lowest BCUT2D eigenvalue weighted by Crippen LogP contribution is -2.40. The summed E-state index contributed by atoms with van der Waals surface area (Å²) in [5.74, 6) is 0. The van der Waals surface area contributed by atoms with Crippen molar-refractivity contribution in [2.45, 2.75) is 69.2 Å². The van der Waals surface area contributed by atoms with E-state index in [9.17, 15) is 8.42 Å². The van der Waals surface area contributed by atoms with E-state index in [4.69, 9.17) is 19.8 Å². The number of rotatable bonds is 6. The van der Waals surface area contributed by atoms with Gasteiger partial charge in [-0.15, -0.1) is 11.3 Å². The molecule has 1 aromatic heterocycles. The van der Waals surface area contributed by atoms with Crippen molar-refractivity contribution >= 4 is 39.4 Å². The molecule has 0 aliphatic carbocycles. The molecule has 0 fully saturated rings. The summed E-state index contributed by atoms with van der Waals surface area (Å²) in [4.78, 5) is 4.43. The number of hydrogen-bond donors (Lipinski definition) is 0. The summed E-state index contributed by atoms with van der Waals surface area (Å²) in [6, 6.07) is 0. The SMILES string of the molecule is COC(C)(C)c1nc(CO[Si](C)(C)C(C)(C)C)c(S(=O)(=O)Cl)s1. The summed E-state index contributed by atoms with van der Waals surface area (Å²) in [5.41, 5.74) is -0.328. The van der Waals surface area contributed by atoms with Gasteiger partial charge in [0.25, 0.3) is 9.05 Å². The minimum Gasteiger partial charge on any atom is -0.411 e. The molecule has 134 valence electrons. The average Bonchev–Trinajstić information content (AvgIpc) is 2.80. The smallest absolute Gasteiger partial charge is 0.272 e. The highest BCUT2D eigenvalue weighted by atomic mass is 35.7. The van der Waals surface area contributed by atoms with E-state index < -0.39 is 23.0 Å². The molecule has 0 bridgehead atoms. The maximum absolute atomic E-state index is 11.9. The standard InChI is InChI=1S/C14H26ClNO4S2Si/c1-13(2,3)23(7,8)20-9-10-11(22(15,17)18)21-12(16-10)14(4,5)19-6/h9H2,1-8H3. The van der Waals surface area contributed by atoms with E-state index in [2.05, 4.69) is 38.8 Å². The van der Waals surface area contributed by atoms with Gasteiger partial charge in [-0.3, -0.25) is 0 Å². The molecule has 1 aromatic rings. The van der Waals surface area contributed by atoms with Crippen molar-refractivity contribution in [3.8, 4) is 0 Å². The Labute approximate surface area is 148 Å². The van der Waals surface area contributed by atoms with Gasteiger partial charge in [0.2, 0.25) is 0 Å². The molecule has 0 aromatic carbocycles. The summed E-state index contributed by atoms with van der Waals surface area (Å²) in [5, 5.41) is 0.588. The first kappa shape index (κ1) is 21.1. The molecule has 0 spiro atoms. The van der Waals surface area contributed by atoms with Crippen LogP contribution in [0.1, 0.15) is 45.3 Å². The number of aromatic nitrogens is 1. The third-order valence-electron chi connectivity index (χ3n) is 4.28. The Bertz CT molecular complexity index is 663. The first-order chi connectivity index (χ1) is 10.1. The summed E-state index contributed by atoms with van der Waals surface area (Å²) >= 11 is 1.04. The van der Waals surface area contributed by atoms with Gasteiger partial charge in [0.05, 0.1) is 12.3 Å². The van der Waals surface area contributed by atoms with Gasteiger partial charge < -0.3 is 9.16 Å². The van der Waals surface area contributed by atoms with Gasteiger partial charge in [0.1, 0.15) is 10.6 Å². The highest BCUT2D eigenvalue weighted by molar-refractivity contribution is 8.15. The Kier molecular flexibility index (Phi) is 6.15. The molecule has 9 heteroatoms. The zero-order chi connectivity index (χ0) is 18.3. The van der Waals surface area contributed by atoms with Crippen molar-refractivity contribution in [2.24, 2.45) is 0 Å². The van der Waals surface area contributed by atoms with E-state index in [1.165, 1.54) is 0 Å². The van der Waals surface area contributed by atoms with E-state index in [0.717, 1.165) is 11.3 Å². The largest absolute Gasteiger partial charge is 0.411 e. The van der Waals surface area contributed by atoms with E-state index >= 15 is 0 Å². The first-order valence-corrected chi connectivity index (χ1v) is 13.3. The van der Waals surface area contributed by atoms with Crippen LogP contribution in [0.25, 0.3) is 0 Å². The number of thiazole rings is 1. The highest BCUT2D eigenvalue weighted by Crippen LogP contribution is 2.39. The van der Waals surface area contributed by atoms with E-state index in [0.29, 0.717) is 10.7 Å². The number of halogens is 1. The van der Waals surface area contributed by atoms with Crippen LogP contribution < -0.4 is 0 Å². The molecule has 0 aliphatic rings. The van der Waals surface area contributed by atoms with Crippen LogP contribution >= 0.6 is 22.0 Å². The monoisotopic (exact) mass is 399 g/mol. The van der Waals surface area contributed by atoms with Gasteiger partial charge >= 0.3 is 0 Å². The Morgan fingerprint density at radius 3 is 2.13 bits per heavy atom. The first-order valence-electron chi connectivity index (χ1n) is 7.26. The van der Waals surface area contributed by atoms with Gasteiger partial charge in [-0.2, -0.15) is 0 Å². The molecule has 0 unspecified atom stereocenters. The highest BCUT2D eigenvalue weighted by Gasteiger charge is 2.38. The third-order valence-corrected chi connectivity index (χ3v) is 12.3. The maximum atomic E-state index is 11.9. The van der Waals surface area contributed by atoms with Crippen LogP contribution in [0.5, 0.6) is 0 Å². The Hall–Kier alpha value is 0.00688. The third kappa shape index (κ3) is 4.99. The van der Waals surface area contributed by atoms with E-state index in [-0.39, 0.29) is 15.9 Å². The van der Waals surface area contributed by atoms with Crippen LogP contribution in [0.4, 0.5) is 0 Å². The Morgan fingerprint density at radius 1 is 1.22 bits per heavy atom. The summed E-state index contributed by atoms with van der Waals surface area (Å²) in [6.45, 7) is 14.4. The maximum Gasteiger partial charge on any atom is 0.272 e. The zero-order valence-electron chi connectivity index (χ0n) is 15.0. The molecule has 0 atom stereocenters. The van der Waals surface area contributed by atoms with Crippen molar-refractivity contribution in [1.82, 2.24) is 4.98 Å². The zero-order valence-corrected chi connectivity index (χ0v) is 18.4. The predicted molar refractivity (Wildman–Crippen MR) is 97.2 cm³/mol. The second-order valence-electron chi connectivity index (χ2n) is 7.45. The van der Waals surface area contributed by atoms with Crippen LogP contribution in [0.2, 0.25) is 18.1 Å². The minimum atomic E-state index is -3.88. The van der Waals surface area contributed by atoms with Gasteiger partial charge in [-0.1, -0.05) is 20.8 Å². The second-order valence-corrected chi connectivity index (χ2v) is 16.0. The topological polar surface area (TPSA) is 65.5 Å². The minimum absolute atomic E-state index is 0.0255. The lowest BCUT2D eigenvalue weighted by Gasteiger charge is -2.35. The fourth-order valence-corrected chi connectivity index (χ4v) is 4.81. The van der Waals surface area contributed by atoms with Crippen molar-refractivity contribution in [3.63, 3.8) is 0 Å². The molecule has 5 nitrogen and oxygen atoms in total. The molecular formula is C14H26ClNO4S2Si. The number of hydrogen-bond acceptors (Lipinski definition) is 6. The number of nitrogens with zero attached hydrogens (tertiary/aromatic N) is 1.